The smallest absolute Gasteiger partial charge is 0.215 e. The van der Waals surface area contributed by atoms with Crippen LogP contribution in [0.3, 0.4) is 0 Å². The fourth-order valence-corrected chi connectivity index (χ4v) is 2.89. The average molecular weight is 384 g/mol. The van der Waals surface area contributed by atoms with Gasteiger partial charge < -0.3 is 15.0 Å². The number of hydrogen-bond donors (Lipinski definition) is 2. The van der Waals surface area contributed by atoms with Gasteiger partial charge in [-0.05, 0) is 50.6 Å². The molecule has 1 heterocycles. The monoisotopic (exact) mass is 383 g/mol. The van der Waals surface area contributed by atoms with Crippen LogP contribution >= 0.6 is 0 Å². The Bertz CT molecular complexity index is 741. The van der Waals surface area contributed by atoms with Crippen molar-refractivity contribution < 1.29 is 4.74 Å². The largest absolute Gasteiger partial charge is 0.476 e. The van der Waals surface area contributed by atoms with Crippen molar-refractivity contribution in [3.8, 4) is 5.88 Å². The molecule has 0 saturated heterocycles. The normalized spacial score (nSPS) is 11.0. The first-order chi connectivity index (χ1) is 13.7. The molecule has 6 heteroatoms. The molecule has 28 heavy (non-hydrogen) atoms. The van der Waals surface area contributed by atoms with E-state index in [1.807, 2.05) is 25.2 Å². The molecule has 0 aliphatic carbocycles. The number of aromatic nitrogens is 1. The number of benzene rings is 1. The summed E-state index contributed by atoms with van der Waals surface area (Å²) in [5.74, 6) is 0.627. The molecule has 0 spiro atoms. The fraction of sp³-hybridized carbons (Fsp3) is 0.455. The van der Waals surface area contributed by atoms with Crippen molar-refractivity contribution >= 4 is 17.6 Å². The van der Waals surface area contributed by atoms with Gasteiger partial charge in [-0.3, -0.25) is 5.43 Å². The summed E-state index contributed by atoms with van der Waals surface area (Å²) in [7, 11) is 1.91. The predicted octanol–water partition coefficient (Wildman–Crippen LogP) is 4.06. The summed E-state index contributed by atoms with van der Waals surface area (Å²) in [4.78, 5) is 6.96. The maximum Gasteiger partial charge on any atom is 0.215 e. The van der Waals surface area contributed by atoms with E-state index in [1.165, 1.54) is 5.56 Å². The summed E-state index contributed by atoms with van der Waals surface area (Å²) in [6, 6.07) is 12.2. The second-order valence-electron chi connectivity index (χ2n) is 6.77. The van der Waals surface area contributed by atoms with E-state index in [1.54, 1.807) is 6.21 Å². The number of ether oxygens (including phenoxy) is 1. The molecule has 0 aliphatic heterocycles. The number of pyridine rings is 1. The lowest BCUT2D eigenvalue weighted by Crippen LogP contribution is -2.25. The van der Waals surface area contributed by atoms with E-state index in [4.69, 9.17) is 4.74 Å². The number of aryl methyl sites for hydroxylation is 1. The number of likely N-dealkylation sites (N-methyl/N-ethyl adjacent to an activating group) is 1. The number of nitrogens with zero attached hydrogens (tertiary/aromatic N) is 3. The second-order valence-corrected chi connectivity index (χ2v) is 6.77. The molecule has 0 bridgehead atoms. The Morgan fingerprint density at radius 3 is 2.61 bits per heavy atom. The first-order valence-electron chi connectivity index (χ1n) is 10.1. The van der Waals surface area contributed by atoms with Gasteiger partial charge in [0.2, 0.25) is 5.88 Å². The molecule has 1 aromatic carbocycles. The third kappa shape index (κ3) is 7.19. The standard InChI is InChI=1S/C22H33N5O/c1-5-11-27(12-6-2)21-15-20(25-22(16-21)28-13-10-23-4)17-24-26-19-9-7-8-18(3)14-19/h7-9,14-17,23,26H,5-6,10-13H2,1-4H3/b24-17+. The Balaban J connectivity index is 2.20. The molecule has 0 atom stereocenters. The molecule has 0 fully saturated rings. The number of rotatable bonds is 12. The molecule has 0 amide bonds. The van der Waals surface area contributed by atoms with E-state index < -0.39 is 0 Å². The highest BCUT2D eigenvalue weighted by molar-refractivity contribution is 5.80. The Kier molecular flexibility index (Phi) is 9.28. The molecule has 0 unspecified atom stereocenters. The van der Waals surface area contributed by atoms with Gasteiger partial charge in [-0.25, -0.2) is 4.98 Å². The van der Waals surface area contributed by atoms with Crippen molar-refractivity contribution in [2.45, 2.75) is 33.6 Å². The number of nitrogens with one attached hydrogen (secondary N) is 2. The third-order valence-corrected chi connectivity index (χ3v) is 4.17. The van der Waals surface area contributed by atoms with Crippen LogP contribution < -0.4 is 20.4 Å². The Morgan fingerprint density at radius 2 is 1.93 bits per heavy atom. The minimum atomic E-state index is 0.576. The molecule has 2 aromatic rings. The van der Waals surface area contributed by atoms with Crippen molar-refractivity contribution in [1.29, 1.82) is 0 Å². The average Bonchev–Trinajstić information content (AvgIpc) is 2.68. The van der Waals surface area contributed by atoms with Crippen molar-refractivity contribution in [1.82, 2.24) is 10.3 Å². The molecule has 0 saturated carbocycles. The molecular weight excluding hydrogens is 350 g/mol. The molecule has 2 N–H and O–H groups in total. The summed E-state index contributed by atoms with van der Waals surface area (Å²) >= 11 is 0. The van der Waals surface area contributed by atoms with Crippen LogP contribution in [0.2, 0.25) is 0 Å². The van der Waals surface area contributed by atoms with E-state index in [0.717, 1.165) is 49.5 Å². The van der Waals surface area contributed by atoms with Crippen LogP contribution in [0, 0.1) is 6.92 Å². The van der Waals surface area contributed by atoms with E-state index >= 15 is 0 Å². The minimum absolute atomic E-state index is 0.576. The maximum absolute atomic E-state index is 5.83. The first-order valence-corrected chi connectivity index (χ1v) is 10.1. The molecule has 1 aromatic heterocycles. The van der Waals surface area contributed by atoms with Crippen LogP contribution in [0.5, 0.6) is 5.88 Å². The lowest BCUT2D eigenvalue weighted by molar-refractivity contribution is 0.306. The molecule has 0 aliphatic rings. The number of hydrogen-bond acceptors (Lipinski definition) is 6. The topological polar surface area (TPSA) is 61.8 Å². The molecule has 0 radical (unpaired) electrons. The second kappa shape index (κ2) is 12.0. The minimum Gasteiger partial charge on any atom is -0.476 e. The highest BCUT2D eigenvalue weighted by Gasteiger charge is 2.09. The number of hydrazone groups is 1. The van der Waals surface area contributed by atoms with Crippen LogP contribution in [0.1, 0.15) is 37.9 Å². The van der Waals surface area contributed by atoms with Crippen LogP contribution in [0.25, 0.3) is 0 Å². The SMILES string of the molecule is CCCN(CCC)c1cc(/C=N/Nc2cccc(C)c2)nc(OCCNC)c1. The third-order valence-electron chi connectivity index (χ3n) is 4.17. The van der Waals surface area contributed by atoms with Gasteiger partial charge in [0.05, 0.1) is 17.6 Å². The predicted molar refractivity (Wildman–Crippen MR) is 119 cm³/mol. The molecule has 152 valence electrons. The van der Waals surface area contributed by atoms with Gasteiger partial charge >= 0.3 is 0 Å². The zero-order valence-electron chi connectivity index (χ0n) is 17.5. The summed E-state index contributed by atoms with van der Waals surface area (Å²) in [5, 5.41) is 7.45. The summed E-state index contributed by atoms with van der Waals surface area (Å²) in [6.07, 6.45) is 3.93. The van der Waals surface area contributed by atoms with E-state index in [0.29, 0.717) is 12.5 Å². The summed E-state index contributed by atoms with van der Waals surface area (Å²) in [5.41, 5.74) is 7.11. The fourth-order valence-electron chi connectivity index (χ4n) is 2.89. The molecular formula is C22H33N5O. The van der Waals surface area contributed by atoms with Gasteiger partial charge in [-0.2, -0.15) is 5.10 Å². The van der Waals surface area contributed by atoms with E-state index in [2.05, 4.69) is 64.7 Å². The highest BCUT2D eigenvalue weighted by Crippen LogP contribution is 2.21. The van der Waals surface area contributed by atoms with Gasteiger partial charge in [0.25, 0.3) is 0 Å². The molecule has 2 rings (SSSR count). The zero-order chi connectivity index (χ0) is 20.2. The highest BCUT2D eigenvalue weighted by atomic mass is 16.5. The van der Waals surface area contributed by atoms with Crippen LogP contribution in [0.4, 0.5) is 11.4 Å². The first kappa shape index (κ1) is 21.7. The number of anilines is 2. The lowest BCUT2D eigenvalue weighted by Gasteiger charge is -2.24. The van der Waals surface area contributed by atoms with Crippen molar-refractivity contribution in [3.05, 3.63) is 47.7 Å². The Morgan fingerprint density at radius 1 is 1.14 bits per heavy atom. The summed E-state index contributed by atoms with van der Waals surface area (Å²) < 4.78 is 5.83. The van der Waals surface area contributed by atoms with Crippen molar-refractivity contribution in [3.63, 3.8) is 0 Å². The van der Waals surface area contributed by atoms with Gasteiger partial charge in [0, 0.05) is 31.4 Å². The van der Waals surface area contributed by atoms with Crippen LogP contribution in [-0.2, 0) is 0 Å². The van der Waals surface area contributed by atoms with Gasteiger partial charge in [0.15, 0.2) is 0 Å². The maximum atomic E-state index is 5.83. The van der Waals surface area contributed by atoms with Gasteiger partial charge in [-0.15, -0.1) is 0 Å². The summed E-state index contributed by atoms with van der Waals surface area (Å²) in [6.45, 7) is 9.82. The zero-order valence-corrected chi connectivity index (χ0v) is 17.5. The van der Waals surface area contributed by atoms with Gasteiger partial charge in [-0.1, -0.05) is 26.0 Å². The van der Waals surface area contributed by atoms with Gasteiger partial charge in [0.1, 0.15) is 6.61 Å². The van der Waals surface area contributed by atoms with Crippen LogP contribution in [-0.4, -0.2) is 44.5 Å². The van der Waals surface area contributed by atoms with Crippen LogP contribution in [0.15, 0.2) is 41.5 Å². The van der Waals surface area contributed by atoms with Crippen molar-refractivity contribution in [2.75, 3.05) is 43.6 Å². The van der Waals surface area contributed by atoms with E-state index in [-0.39, 0.29) is 0 Å². The quantitative estimate of drug-likeness (QED) is 0.329. The Labute approximate surface area is 169 Å². The van der Waals surface area contributed by atoms with Crippen molar-refractivity contribution in [2.24, 2.45) is 5.10 Å². The Hall–Kier alpha value is -2.60. The van der Waals surface area contributed by atoms with E-state index in [9.17, 15) is 0 Å². The lowest BCUT2D eigenvalue weighted by atomic mass is 10.2. The molecule has 6 nitrogen and oxygen atoms in total.